The minimum Gasteiger partial charge on any atom is -0.403 e. The van der Waals surface area contributed by atoms with Gasteiger partial charge in [0.15, 0.2) is 0 Å². The van der Waals surface area contributed by atoms with E-state index in [9.17, 15) is 14.4 Å². The minimum atomic E-state index is -0.566. The molecule has 9 nitrogen and oxygen atoms in total. The zero-order valence-corrected chi connectivity index (χ0v) is 15.7. The number of carbonyl (C=O) groups excluding carboxylic acids is 1. The maximum atomic E-state index is 12.3. The highest BCUT2D eigenvalue weighted by Crippen LogP contribution is 2.29. The van der Waals surface area contributed by atoms with Crippen LogP contribution in [0.25, 0.3) is 11.1 Å². The Morgan fingerprint density at radius 3 is 2.75 bits per heavy atom. The Kier molecular flexibility index (Phi) is 4.97. The molecule has 1 aliphatic carbocycles. The number of hydrogen-bond acceptors (Lipinski definition) is 7. The van der Waals surface area contributed by atoms with Crippen molar-refractivity contribution < 1.29 is 14.0 Å². The lowest BCUT2D eigenvalue weighted by molar-refractivity contribution is -0.138. The molecule has 2 aliphatic rings. The maximum Gasteiger partial charge on any atom is 0.337 e. The number of H-pyrrole nitrogens is 1. The molecule has 28 heavy (non-hydrogen) atoms. The Morgan fingerprint density at radius 2 is 2.11 bits per heavy atom. The first-order chi connectivity index (χ1) is 13.5. The van der Waals surface area contributed by atoms with Gasteiger partial charge in [0.25, 0.3) is 5.56 Å². The van der Waals surface area contributed by atoms with Gasteiger partial charge in [-0.15, -0.1) is 0 Å². The Hall–Kier alpha value is -2.97. The molecule has 2 aromatic rings. The van der Waals surface area contributed by atoms with Crippen LogP contribution in [0.4, 0.5) is 0 Å². The number of carbonyl (C=O) groups is 1. The van der Waals surface area contributed by atoms with E-state index in [-0.39, 0.29) is 28.9 Å². The van der Waals surface area contributed by atoms with E-state index in [0.29, 0.717) is 37.9 Å². The van der Waals surface area contributed by atoms with Crippen LogP contribution in [-0.2, 0) is 11.2 Å². The van der Waals surface area contributed by atoms with E-state index < -0.39 is 11.2 Å². The summed E-state index contributed by atoms with van der Waals surface area (Å²) in [5.74, 6) is 0.442. The van der Waals surface area contributed by atoms with Crippen molar-refractivity contribution in [2.24, 2.45) is 11.1 Å². The molecular formula is C19H22N4O5. The quantitative estimate of drug-likeness (QED) is 0.798. The topological polar surface area (TPSA) is 118 Å². The highest BCUT2D eigenvalue weighted by Gasteiger charge is 2.30. The number of oxime groups is 1. The van der Waals surface area contributed by atoms with Crippen molar-refractivity contribution in [2.45, 2.75) is 45.4 Å². The van der Waals surface area contributed by atoms with Crippen LogP contribution in [0.15, 0.2) is 25.2 Å². The molecule has 3 heterocycles. The zero-order chi connectivity index (χ0) is 19.7. The smallest absolute Gasteiger partial charge is 0.337 e. The molecule has 2 fully saturated rings. The summed E-state index contributed by atoms with van der Waals surface area (Å²) in [4.78, 5) is 50.0. The van der Waals surface area contributed by atoms with Crippen LogP contribution in [0.1, 0.15) is 44.6 Å². The normalized spacial score (nSPS) is 17.5. The number of piperidine rings is 1. The number of hydrogen-bond donors (Lipinski definition) is 1. The Labute approximate surface area is 160 Å². The van der Waals surface area contributed by atoms with E-state index >= 15 is 0 Å². The molecular weight excluding hydrogens is 364 g/mol. The first-order valence-electron chi connectivity index (χ1n) is 9.63. The summed E-state index contributed by atoms with van der Waals surface area (Å²) >= 11 is 0. The molecule has 1 amide bonds. The maximum absolute atomic E-state index is 12.3. The van der Waals surface area contributed by atoms with E-state index in [1.165, 1.54) is 6.07 Å². The van der Waals surface area contributed by atoms with Gasteiger partial charge in [-0.2, -0.15) is 4.98 Å². The SMILES string of the molecule is CCc1cc(=O)oc2nc(ON=C3CCN(C(=O)C4CCC4)CC3)[nH]c(=O)c12. The van der Waals surface area contributed by atoms with Gasteiger partial charge in [-0.1, -0.05) is 18.5 Å². The van der Waals surface area contributed by atoms with Gasteiger partial charge in [0.2, 0.25) is 11.6 Å². The number of nitrogens with zero attached hydrogens (tertiary/aromatic N) is 3. The Balaban J connectivity index is 1.46. The van der Waals surface area contributed by atoms with Crippen LogP contribution in [0.2, 0.25) is 0 Å². The van der Waals surface area contributed by atoms with Gasteiger partial charge in [-0.05, 0) is 24.8 Å². The van der Waals surface area contributed by atoms with Crippen molar-refractivity contribution in [2.75, 3.05) is 13.1 Å². The van der Waals surface area contributed by atoms with Crippen molar-refractivity contribution in [3.8, 4) is 6.01 Å². The van der Waals surface area contributed by atoms with Crippen molar-refractivity contribution in [1.82, 2.24) is 14.9 Å². The van der Waals surface area contributed by atoms with Crippen LogP contribution >= 0.6 is 0 Å². The number of aromatic amines is 1. The average Bonchev–Trinajstić information content (AvgIpc) is 2.64. The number of aryl methyl sites for hydroxylation is 1. The van der Waals surface area contributed by atoms with Gasteiger partial charge in [-0.3, -0.25) is 14.6 Å². The molecule has 2 aromatic heterocycles. The monoisotopic (exact) mass is 386 g/mol. The minimum absolute atomic E-state index is 0.0655. The fourth-order valence-corrected chi connectivity index (χ4v) is 3.55. The third-order valence-corrected chi connectivity index (χ3v) is 5.42. The Morgan fingerprint density at radius 1 is 1.36 bits per heavy atom. The second kappa shape index (κ2) is 7.57. The molecule has 0 spiro atoms. The number of amides is 1. The zero-order valence-electron chi connectivity index (χ0n) is 15.7. The van der Waals surface area contributed by atoms with Crippen LogP contribution in [0.3, 0.4) is 0 Å². The number of aromatic nitrogens is 2. The number of likely N-dealkylation sites (tertiary alicyclic amines) is 1. The van der Waals surface area contributed by atoms with Gasteiger partial charge in [0.1, 0.15) is 5.39 Å². The lowest BCUT2D eigenvalue weighted by Crippen LogP contribution is -2.43. The van der Waals surface area contributed by atoms with Gasteiger partial charge >= 0.3 is 11.6 Å². The first kappa shape index (κ1) is 18.4. The molecule has 0 bridgehead atoms. The predicted molar refractivity (Wildman–Crippen MR) is 101 cm³/mol. The van der Waals surface area contributed by atoms with Crippen molar-refractivity contribution >= 4 is 22.7 Å². The van der Waals surface area contributed by atoms with E-state index in [1.54, 1.807) is 0 Å². The third kappa shape index (κ3) is 3.56. The van der Waals surface area contributed by atoms with Gasteiger partial charge in [0, 0.05) is 37.9 Å². The number of rotatable bonds is 4. The molecule has 148 valence electrons. The fraction of sp³-hybridized carbons (Fsp3) is 0.526. The fourth-order valence-electron chi connectivity index (χ4n) is 3.55. The predicted octanol–water partition coefficient (Wildman–Crippen LogP) is 1.60. The van der Waals surface area contributed by atoms with Crippen LogP contribution in [0, 0.1) is 5.92 Å². The van der Waals surface area contributed by atoms with Crippen LogP contribution in [-0.4, -0.2) is 39.6 Å². The van der Waals surface area contributed by atoms with Crippen LogP contribution in [0.5, 0.6) is 6.01 Å². The number of fused-ring (bicyclic) bond motifs is 1. The highest BCUT2D eigenvalue weighted by atomic mass is 16.6. The van der Waals surface area contributed by atoms with Crippen LogP contribution < -0.4 is 16.0 Å². The van der Waals surface area contributed by atoms with E-state index in [2.05, 4.69) is 15.1 Å². The second-order valence-corrected chi connectivity index (χ2v) is 7.20. The summed E-state index contributed by atoms with van der Waals surface area (Å²) in [6.45, 7) is 3.08. The molecule has 1 saturated carbocycles. The summed E-state index contributed by atoms with van der Waals surface area (Å²) in [5, 5.41) is 4.31. The molecule has 9 heteroatoms. The molecule has 1 saturated heterocycles. The Bertz CT molecular complexity index is 1040. The molecule has 0 unspecified atom stereocenters. The van der Waals surface area contributed by atoms with Gasteiger partial charge in [0.05, 0.1) is 5.71 Å². The van der Waals surface area contributed by atoms with E-state index in [1.807, 2.05) is 11.8 Å². The van der Waals surface area contributed by atoms with Crippen molar-refractivity contribution in [3.63, 3.8) is 0 Å². The summed E-state index contributed by atoms with van der Waals surface area (Å²) in [6, 6.07) is 1.16. The van der Waals surface area contributed by atoms with E-state index in [0.717, 1.165) is 25.0 Å². The number of nitrogens with one attached hydrogen (secondary N) is 1. The molecule has 1 N–H and O–H groups in total. The summed E-state index contributed by atoms with van der Waals surface area (Å²) in [5.41, 5.74) is 0.291. The standard InChI is InChI=1S/C19H22N4O5/c1-2-11-10-14(24)27-17-15(11)16(25)20-19(21-17)28-22-13-6-8-23(9-7-13)18(26)12-4-3-5-12/h10,12H,2-9H2,1H3,(H,20,21,25). The van der Waals surface area contributed by atoms with Crippen molar-refractivity contribution in [3.05, 3.63) is 32.4 Å². The third-order valence-electron chi connectivity index (χ3n) is 5.42. The first-order valence-corrected chi connectivity index (χ1v) is 9.63. The summed E-state index contributed by atoms with van der Waals surface area (Å²) in [6.07, 6.45) is 4.87. The molecule has 4 rings (SSSR count). The molecule has 0 radical (unpaired) electrons. The summed E-state index contributed by atoms with van der Waals surface area (Å²) < 4.78 is 5.04. The van der Waals surface area contributed by atoms with Gasteiger partial charge in [-0.25, -0.2) is 4.79 Å². The molecule has 0 aromatic carbocycles. The van der Waals surface area contributed by atoms with E-state index in [4.69, 9.17) is 9.25 Å². The highest BCUT2D eigenvalue weighted by molar-refractivity contribution is 5.88. The largest absolute Gasteiger partial charge is 0.403 e. The second-order valence-electron chi connectivity index (χ2n) is 7.20. The lowest BCUT2D eigenvalue weighted by atomic mass is 9.84. The summed E-state index contributed by atoms with van der Waals surface area (Å²) in [7, 11) is 0. The average molecular weight is 386 g/mol. The molecule has 0 atom stereocenters. The molecule has 1 aliphatic heterocycles. The lowest BCUT2D eigenvalue weighted by Gasteiger charge is -2.34. The van der Waals surface area contributed by atoms with Crippen molar-refractivity contribution in [1.29, 1.82) is 0 Å². The van der Waals surface area contributed by atoms with Gasteiger partial charge < -0.3 is 14.2 Å².